The number of benzene rings is 2. The number of thioether (sulfide) groups is 1. The monoisotopic (exact) mass is 484 g/mol. The smallest absolute Gasteiger partial charge is 0.233 e. The first-order valence-electron chi connectivity index (χ1n) is 11.4. The SMILES string of the molecule is CCCCn1c(SCC(=O)N2CCOC(c3ccc(F)cc3)C2)nnc1-c1ccc(OC)cc1. The lowest BCUT2D eigenvalue weighted by Crippen LogP contribution is -2.43. The fourth-order valence-corrected chi connectivity index (χ4v) is 4.71. The summed E-state index contributed by atoms with van der Waals surface area (Å²) in [5.74, 6) is 1.58. The average molecular weight is 485 g/mol. The zero-order chi connectivity index (χ0) is 23.9. The summed E-state index contributed by atoms with van der Waals surface area (Å²) in [6, 6.07) is 14.0. The Bertz CT molecular complexity index is 1090. The molecule has 1 unspecified atom stereocenters. The van der Waals surface area contributed by atoms with Crippen LogP contribution in [0.5, 0.6) is 5.75 Å². The molecule has 34 heavy (non-hydrogen) atoms. The molecule has 0 saturated carbocycles. The lowest BCUT2D eigenvalue weighted by molar-refractivity contribution is -0.136. The largest absolute Gasteiger partial charge is 0.497 e. The summed E-state index contributed by atoms with van der Waals surface area (Å²) >= 11 is 1.40. The maximum absolute atomic E-state index is 13.2. The van der Waals surface area contributed by atoms with Gasteiger partial charge in [-0.3, -0.25) is 4.79 Å². The van der Waals surface area contributed by atoms with Gasteiger partial charge in [-0.1, -0.05) is 37.2 Å². The Balaban J connectivity index is 1.43. The molecule has 0 bridgehead atoms. The molecule has 7 nitrogen and oxygen atoms in total. The predicted octanol–water partition coefficient (Wildman–Crippen LogP) is 4.59. The number of carbonyl (C=O) groups is 1. The van der Waals surface area contributed by atoms with Crippen LogP contribution in [0.2, 0.25) is 0 Å². The highest BCUT2D eigenvalue weighted by Gasteiger charge is 2.26. The van der Waals surface area contributed by atoms with Crippen LogP contribution in [0, 0.1) is 5.82 Å². The van der Waals surface area contributed by atoms with Crippen molar-refractivity contribution < 1.29 is 18.7 Å². The molecule has 2 heterocycles. The fourth-order valence-electron chi connectivity index (χ4n) is 3.84. The third kappa shape index (κ3) is 5.77. The molecule has 0 aliphatic carbocycles. The van der Waals surface area contributed by atoms with Crippen LogP contribution in [0.25, 0.3) is 11.4 Å². The number of morpholine rings is 1. The van der Waals surface area contributed by atoms with Crippen LogP contribution in [-0.2, 0) is 16.1 Å². The number of carbonyl (C=O) groups excluding carboxylic acids is 1. The first-order chi connectivity index (χ1) is 16.6. The molecule has 180 valence electrons. The lowest BCUT2D eigenvalue weighted by atomic mass is 10.1. The second kappa shape index (κ2) is 11.5. The van der Waals surface area contributed by atoms with Gasteiger partial charge in [0.2, 0.25) is 5.91 Å². The summed E-state index contributed by atoms with van der Waals surface area (Å²) in [6.07, 6.45) is 1.78. The van der Waals surface area contributed by atoms with E-state index < -0.39 is 0 Å². The molecule has 1 fully saturated rings. The number of hydrogen-bond acceptors (Lipinski definition) is 6. The summed E-state index contributed by atoms with van der Waals surface area (Å²) in [5.41, 5.74) is 1.83. The Labute approximate surface area is 203 Å². The number of aromatic nitrogens is 3. The number of amides is 1. The van der Waals surface area contributed by atoms with E-state index in [4.69, 9.17) is 9.47 Å². The molecular weight excluding hydrogens is 455 g/mol. The normalized spacial score (nSPS) is 16.0. The van der Waals surface area contributed by atoms with Crippen LogP contribution in [0.1, 0.15) is 31.4 Å². The van der Waals surface area contributed by atoms with Gasteiger partial charge in [-0.15, -0.1) is 10.2 Å². The maximum atomic E-state index is 13.2. The first kappa shape index (κ1) is 24.2. The highest BCUT2D eigenvalue weighted by Crippen LogP contribution is 2.27. The first-order valence-corrected chi connectivity index (χ1v) is 12.4. The summed E-state index contributed by atoms with van der Waals surface area (Å²) in [4.78, 5) is 14.8. The van der Waals surface area contributed by atoms with Crippen molar-refractivity contribution in [1.29, 1.82) is 0 Å². The molecule has 1 aliphatic heterocycles. The molecule has 4 rings (SSSR count). The van der Waals surface area contributed by atoms with Crippen LogP contribution in [0.15, 0.2) is 53.7 Å². The molecule has 1 atom stereocenters. The Morgan fingerprint density at radius 2 is 1.94 bits per heavy atom. The molecule has 9 heteroatoms. The van der Waals surface area contributed by atoms with Crippen molar-refractivity contribution in [3.63, 3.8) is 0 Å². The van der Waals surface area contributed by atoms with Crippen LogP contribution >= 0.6 is 11.8 Å². The van der Waals surface area contributed by atoms with E-state index in [-0.39, 0.29) is 23.6 Å². The van der Waals surface area contributed by atoms with E-state index in [1.807, 2.05) is 29.2 Å². The molecule has 3 aromatic rings. The lowest BCUT2D eigenvalue weighted by Gasteiger charge is -2.33. The van der Waals surface area contributed by atoms with Gasteiger partial charge in [-0.05, 0) is 48.4 Å². The number of nitrogens with zero attached hydrogens (tertiary/aromatic N) is 4. The van der Waals surface area contributed by atoms with E-state index in [0.717, 1.165) is 47.2 Å². The van der Waals surface area contributed by atoms with Crippen molar-refractivity contribution in [3.05, 3.63) is 59.9 Å². The third-order valence-corrected chi connectivity index (χ3v) is 6.74. The van der Waals surface area contributed by atoms with Gasteiger partial charge in [0.15, 0.2) is 11.0 Å². The van der Waals surface area contributed by atoms with Crippen molar-refractivity contribution in [2.45, 2.75) is 37.6 Å². The van der Waals surface area contributed by atoms with Gasteiger partial charge < -0.3 is 18.9 Å². The molecule has 2 aromatic carbocycles. The second-order valence-corrected chi connectivity index (χ2v) is 9.02. The van der Waals surface area contributed by atoms with E-state index in [2.05, 4.69) is 21.7 Å². The van der Waals surface area contributed by atoms with E-state index >= 15 is 0 Å². The Kier molecular flexibility index (Phi) is 8.18. The Morgan fingerprint density at radius 3 is 2.65 bits per heavy atom. The van der Waals surface area contributed by atoms with Crippen molar-refractivity contribution in [2.75, 3.05) is 32.6 Å². The highest BCUT2D eigenvalue weighted by molar-refractivity contribution is 7.99. The van der Waals surface area contributed by atoms with E-state index in [9.17, 15) is 9.18 Å². The number of hydrogen-bond donors (Lipinski definition) is 0. The van der Waals surface area contributed by atoms with Gasteiger partial charge in [0.1, 0.15) is 17.7 Å². The van der Waals surface area contributed by atoms with Gasteiger partial charge in [0, 0.05) is 18.7 Å². The van der Waals surface area contributed by atoms with Crippen molar-refractivity contribution in [3.8, 4) is 17.1 Å². The van der Waals surface area contributed by atoms with E-state index in [0.29, 0.717) is 19.7 Å². The zero-order valence-electron chi connectivity index (χ0n) is 19.4. The maximum Gasteiger partial charge on any atom is 0.233 e. The van der Waals surface area contributed by atoms with Crippen molar-refractivity contribution in [2.24, 2.45) is 0 Å². The van der Waals surface area contributed by atoms with Crippen LogP contribution < -0.4 is 4.74 Å². The number of ether oxygens (including phenoxy) is 2. The predicted molar refractivity (Wildman–Crippen MR) is 129 cm³/mol. The summed E-state index contributed by atoms with van der Waals surface area (Å²) in [6.45, 7) is 4.36. The Hall–Kier alpha value is -2.91. The summed E-state index contributed by atoms with van der Waals surface area (Å²) < 4.78 is 26.4. The van der Waals surface area contributed by atoms with E-state index in [1.54, 1.807) is 19.2 Å². The third-order valence-electron chi connectivity index (χ3n) is 5.79. The van der Waals surface area contributed by atoms with Crippen molar-refractivity contribution >= 4 is 17.7 Å². The number of rotatable bonds is 9. The standard InChI is InChI=1S/C25H29FN4O3S/c1-3-4-13-30-24(19-7-11-21(32-2)12-8-19)27-28-25(30)34-17-23(31)29-14-15-33-22(16-29)18-5-9-20(26)10-6-18/h5-12,22H,3-4,13-17H2,1-2H3. The minimum atomic E-state index is -0.287. The summed E-state index contributed by atoms with van der Waals surface area (Å²) in [5, 5.41) is 9.54. The molecule has 0 N–H and O–H groups in total. The molecule has 0 spiro atoms. The Morgan fingerprint density at radius 1 is 1.18 bits per heavy atom. The minimum absolute atomic E-state index is 0.0245. The van der Waals surface area contributed by atoms with Crippen molar-refractivity contribution in [1.82, 2.24) is 19.7 Å². The molecule has 1 saturated heterocycles. The minimum Gasteiger partial charge on any atom is -0.497 e. The van der Waals surface area contributed by atoms with Crippen LogP contribution in [0.3, 0.4) is 0 Å². The molecule has 1 amide bonds. The highest BCUT2D eigenvalue weighted by atomic mass is 32.2. The van der Waals surface area contributed by atoms with Gasteiger partial charge in [0.25, 0.3) is 0 Å². The molecule has 1 aromatic heterocycles. The topological polar surface area (TPSA) is 69.5 Å². The van der Waals surface area contributed by atoms with Crippen LogP contribution in [0.4, 0.5) is 4.39 Å². The van der Waals surface area contributed by atoms with Gasteiger partial charge in [-0.2, -0.15) is 0 Å². The average Bonchev–Trinajstić information content (AvgIpc) is 3.29. The fraction of sp³-hybridized carbons (Fsp3) is 0.400. The molecular formula is C25H29FN4O3S. The second-order valence-electron chi connectivity index (χ2n) is 8.08. The van der Waals surface area contributed by atoms with Gasteiger partial charge in [0.05, 0.1) is 26.0 Å². The molecule has 1 aliphatic rings. The summed E-state index contributed by atoms with van der Waals surface area (Å²) in [7, 11) is 1.64. The number of methoxy groups -OCH3 is 1. The molecule has 0 radical (unpaired) electrons. The quantitative estimate of drug-likeness (QED) is 0.414. The van der Waals surface area contributed by atoms with Crippen LogP contribution in [-0.4, -0.2) is 58.1 Å². The van der Waals surface area contributed by atoms with E-state index in [1.165, 1.54) is 23.9 Å². The van der Waals surface area contributed by atoms with Gasteiger partial charge >= 0.3 is 0 Å². The zero-order valence-corrected chi connectivity index (χ0v) is 20.3. The number of halogens is 1. The van der Waals surface area contributed by atoms with Gasteiger partial charge in [-0.25, -0.2) is 4.39 Å². The number of unbranched alkanes of at least 4 members (excludes halogenated alkanes) is 1.